The van der Waals surface area contributed by atoms with Crippen molar-refractivity contribution in [1.82, 2.24) is 14.5 Å². The number of ether oxygens (including phenoxy) is 1. The summed E-state index contributed by atoms with van der Waals surface area (Å²) in [5, 5.41) is 0. The molecule has 0 saturated carbocycles. The van der Waals surface area contributed by atoms with Crippen molar-refractivity contribution in [2.75, 3.05) is 0 Å². The zero-order chi connectivity index (χ0) is 17.3. The van der Waals surface area contributed by atoms with Gasteiger partial charge in [0.15, 0.2) is 11.9 Å². The lowest BCUT2D eigenvalue weighted by Gasteiger charge is -2.15. The summed E-state index contributed by atoms with van der Waals surface area (Å²) in [6, 6.07) is 8.07. The first-order valence-electron chi connectivity index (χ1n) is 7.04. The number of hydrogen-bond donors (Lipinski definition) is 0. The zero-order valence-corrected chi connectivity index (χ0v) is 14.1. The van der Waals surface area contributed by atoms with E-state index in [0.29, 0.717) is 9.99 Å². The first-order valence-corrected chi connectivity index (χ1v) is 7.83. The number of nitrogens with zero attached hydrogens (tertiary/aromatic N) is 3. The number of pyridine rings is 1. The van der Waals surface area contributed by atoms with E-state index in [-0.39, 0.29) is 16.9 Å². The van der Waals surface area contributed by atoms with Crippen LogP contribution in [0.15, 0.2) is 47.2 Å². The maximum absolute atomic E-state index is 13.4. The molecule has 0 radical (unpaired) electrons. The summed E-state index contributed by atoms with van der Waals surface area (Å²) >= 11 is 3.21. The molecule has 1 aromatic carbocycles. The molecular weight excluding hydrogens is 384 g/mol. The molecule has 0 fully saturated rings. The lowest BCUT2D eigenvalue weighted by Crippen LogP contribution is -2.14. The minimum atomic E-state index is -2.79. The molecule has 124 valence electrons. The number of alkyl halides is 2. The highest BCUT2D eigenvalue weighted by Crippen LogP contribution is 2.28. The fourth-order valence-corrected chi connectivity index (χ4v) is 2.72. The van der Waals surface area contributed by atoms with Gasteiger partial charge in [-0.15, -0.1) is 0 Å². The third-order valence-corrected chi connectivity index (χ3v) is 3.84. The molecule has 24 heavy (non-hydrogen) atoms. The van der Waals surface area contributed by atoms with Crippen molar-refractivity contribution >= 4 is 32.9 Å². The van der Waals surface area contributed by atoms with E-state index in [0.717, 1.165) is 4.57 Å². The van der Waals surface area contributed by atoms with Gasteiger partial charge < -0.3 is 4.74 Å². The molecule has 8 heteroatoms. The Balaban J connectivity index is 1.92. The summed E-state index contributed by atoms with van der Waals surface area (Å²) in [6.07, 6.45) is 1.92. The van der Waals surface area contributed by atoms with Crippen LogP contribution in [0.4, 0.5) is 8.78 Å². The molecule has 0 N–H and O–H groups in total. The Hall–Kier alpha value is -2.35. The molecule has 0 saturated heterocycles. The topological polar surface area (TPSA) is 57.0 Å². The molecule has 1 unspecified atom stereocenters. The number of benzene rings is 1. The number of carbonyl (C=O) groups excluding carboxylic acids is 1. The van der Waals surface area contributed by atoms with Crippen LogP contribution in [0.5, 0.6) is 0 Å². The molecule has 0 aliphatic rings. The smallest absolute Gasteiger partial charge is 0.340 e. The number of imidazole rings is 1. The predicted octanol–water partition coefficient (Wildman–Crippen LogP) is 4.51. The monoisotopic (exact) mass is 395 g/mol. The third kappa shape index (κ3) is 3.14. The third-order valence-electron chi connectivity index (χ3n) is 3.41. The molecule has 0 spiro atoms. The van der Waals surface area contributed by atoms with E-state index in [1.807, 2.05) is 0 Å². The Labute approximate surface area is 144 Å². The molecular formula is C16H12BrF2N3O2. The summed E-state index contributed by atoms with van der Waals surface area (Å²) in [6.45, 7) is -1.29. The van der Waals surface area contributed by atoms with Gasteiger partial charge in [0.1, 0.15) is 0 Å². The van der Waals surface area contributed by atoms with Crippen LogP contribution in [0.3, 0.4) is 0 Å². The Morgan fingerprint density at radius 1 is 1.29 bits per heavy atom. The largest absolute Gasteiger partial charge is 0.451 e. The van der Waals surface area contributed by atoms with E-state index < -0.39 is 18.6 Å². The number of fused-ring (bicyclic) bond motifs is 1. The maximum atomic E-state index is 13.4. The van der Waals surface area contributed by atoms with Crippen molar-refractivity contribution < 1.29 is 18.3 Å². The molecule has 0 amide bonds. The summed E-state index contributed by atoms with van der Waals surface area (Å²) in [7, 11) is 0. The van der Waals surface area contributed by atoms with Gasteiger partial charge in [-0.3, -0.25) is 9.55 Å². The van der Waals surface area contributed by atoms with Gasteiger partial charge >= 0.3 is 12.5 Å². The minimum absolute atomic E-state index is 0.0116. The highest BCUT2D eigenvalue weighted by atomic mass is 79.9. The van der Waals surface area contributed by atoms with E-state index in [9.17, 15) is 13.6 Å². The molecule has 3 aromatic rings. The van der Waals surface area contributed by atoms with Crippen molar-refractivity contribution in [1.29, 1.82) is 0 Å². The molecule has 1 atom stereocenters. The number of esters is 1. The average molecular weight is 396 g/mol. The number of aromatic nitrogens is 3. The van der Waals surface area contributed by atoms with Crippen LogP contribution in [0.25, 0.3) is 11.0 Å². The van der Waals surface area contributed by atoms with Gasteiger partial charge in [-0.2, -0.15) is 8.78 Å². The van der Waals surface area contributed by atoms with Crippen LogP contribution in [-0.4, -0.2) is 20.5 Å². The summed E-state index contributed by atoms with van der Waals surface area (Å²) in [5.41, 5.74) is 0.922. The zero-order valence-electron chi connectivity index (χ0n) is 12.5. The molecule has 5 nitrogen and oxygen atoms in total. The Morgan fingerprint density at radius 3 is 2.75 bits per heavy atom. The second-order valence-corrected chi connectivity index (χ2v) is 5.96. The van der Waals surface area contributed by atoms with Gasteiger partial charge in [0.05, 0.1) is 16.6 Å². The van der Waals surface area contributed by atoms with Crippen LogP contribution in [-0.2, 0) is 4.74 Å². The first kappa shape index (κ1) is 16.5. The van der Waals surface area contributed by atoms with E-state index in [2.05, 4.69) is 25.9 Å². The normalized spacial score (nSPS) is 12.5. The summed E-state index contributed by atoms with van der Waals surface area (Å²) in [5.74, 6) is -0.674. The quantitative estimate of drug-likeness (QED) is 0.609. The first-order chi connectivity index (χ1) is 11.5. The highest BCUT2D eigenvalue weighted by Gasteiger charge is 2.24. The van der Waals surface area contributed by atoms with E-state index in [1.54, 1.807) is 24.3 Å². The van der Waals surface area contributed by atoms with Crippen molar-refractivity contribution in [2.24, 2.45) is 0 Å². The second kappa shape index (κ2) is 6.64. The fraction of sp³-hybridized carbons (Fsp3) is 0.188. The van der Waals surface area contributed by atoms with Gasteiger partial charge in [-0.1, -0.05) is 12.1 Å². The number of carbonyl (C=O) groups is 1. The van der Waals surface area contributed by atoms with Crippen LogP contribution in [0.1, 0.15) is 35.8 Å². The average Bonchev–Trinajstić information content (AvgIpc) is 2.94. The molecule has 2 aromatic heterocycles. The van der Waals surface area contributed by atoms with Crippen molar-refractivity contribution in [2.45, 2.75) is 19.6 Å². The number of hydrogen-bond acceptors (Lipinski definition) is 4. The summed E-state index contributed by atoms with van der Waals surface area (Å²) < 4.78 is 33.5. The number of halogens is 3. The predicted molar refractivity (Wildman–Crippen MR) is 86.8 cm³/mol. The van der Waals surface area contributed by atoms with Gasteiger partial charge in [0.2, 0.25) is 0 Å². The van der Waals surface area contributed by atoms with Crippen molar-refractivity contribution in [3.63, 3.8) is 0 Å². The van der Waals surface area contributed by atoms with Gasteiger partial charge in [-0.25, -0.2) is 9.78 Å². The highest BCUT2D eigenvalue weighted by molar-refractivity contribution is 9.10. The van der Waals surface area contributed by atoms with Crippen LogP contribution >= 0.6 is 15.9 Å². The Morgan fingerprint density at radius 2 is 2.04 bits per heavy atom. The molecule has 0 aliphatic heterocycles. The van der Waals surface area contributed by atoms with E-state index in [4.69, 9.17) is 4.74 Å². The van der Waals surface area contributed by atoms with Gasteiger partial charge in [0, 0.05) is 16.9 Å². The standard InChI is InChI=1S/C16H12BrF2N3O2/c1-9(24-15(23)10-6-11(17)8-20-7-10)14-21-12-4-2-3-5-13(12)22(14)16(18)19/h2-9,16H,1H3. The van der Waals surface area contributed by atoms with E-state index >= 15 is 0 Å². The molecule has 3 rings (SSSR count). The van der Waals surface area contributed by atoms with Crippen LogP contribution in [0.2, 0.25) is 0 Å². The van der Waals surface area contributed by atoms with Crippen molar-refractivity contribution in [3.8, 4) is 0 Å². The van der Waals surface area contributed by atoms with Gasteiger partial charge in [0.25, 0.3) is 0 Å². The van der Waals surface area contributed by atoms with Gasteiger partial charge in [-0.05, 0) is 41.1 Å². The molecule has 0 bridgehead atoms. The minimum Gasteiger partial charge on any atom is -0.451 e. The maximum Gasteiger partial charge on any atom is 0.340 e. The second-order valence-electron chi connectivity index (χ2n) is 5.05. The van der Waals surface area contributed by atoms with Crippen LogP contribution < -0.4 is 0 Å². The number of para-hydroxylation sites is 2. The molecule has 0 aliphatic carbocycles. The van der Waals surface area contributed by atoms with E-state index in [1.165, 1.54) is 25.4 Å². The summed E-state index contributed by atoms with van der Waals surface area (Å²) in [4.78, 5) is 20.2. The lowest BCUT2D eigenvalue weighted by atomic mass is 10.3. The lowest BCUT2D eigenvalue weighted by molar-refractivity contribution is 0.0232. The van der Waals surface area contributed by atoms with Crippen LogP contribution in [0, 0.1) is 0 Å². The Kier molecular flexibility index (Phi) is 4.57. The fourth-order valence-electron chi connectivity index (χ4n) is 2.36. The number of rotatable bonds is 4. The van der Waals surface area contributed by atoms with Crippen molar-refractivity contribution in [3.05, 3.63) is 58.6 Å². The Bertz CT molecular complexity index is 898. The SMILES string of the molecule is CC(OC(=O)c1cncc(Br)c1)c1nc2ccccc2n1C(F)F. The molecule has 2 heterocycles.